The van der Waals surface area contributed by atoms with Gasteiger partial charge in [0.05, 0.1) is 39.3 Å². The van der Waals surface area contributed by atoms with Crippen LogP contribution in [0.1, 0.15) is 0 Å². The molecule has 0 aliphatic rings. The van der Waals surface area contributed by atoms with Gasteiger partial charge in [-0.1, -0.05) is 182 Å². The summed E-state index contributed by atoms with van der Waals surface area (Å²) in [6.07, 6.45) is 0. The molecule has 0 radical (unpaired) electrons. The lowest BCUT2D eigenvalue weighted by Crippen LogP contribution is -2.05. The minimum atomic E-state index is 0.523. The van der Waals surface area contributed by atoms with E-state index in [1.54, 1.807) is 0 Å². The minimum Gasteiger partial charge on any atom is -0.434 e. The predicted molar refractivity (Wildman–Crippen MR) is 286 cm³/mol. The fraction of sp³-hybridized carbons (Fsp3) is 0. The Morgan fingerprint density at radius 1 is 0.296 bits per heavy atom. The van der Waals surface area contributed by atoms with Gasteiger partial charge in [-0.05, 0) is 60.2 Å². The first-order valence-corrected chi connectivity index (χ1v) is 23.7. The molecule has 0 atom stereocenters. The normalized spacial score (nSPS) is 11.7. The van der Waals surface area contributed by atoms with Gasteiger partial charge in [0.25, 0.3) is 0 Å². The first kappa shape index (κ1) is 40.3. The van der Waals surface area contributed by atoms with Gasteiger partial charge in [-0.25, -0.2) is 24.9 Å². The number of oxazole rings is 1. The molecule has 0 bridgehead atoms. The van der Waals surface area contributed by atoms with Crippen molar-refractivity contribution in [2.75, 3.05) is 0 Å². The van der Waals surface area contributed by atoms with Crippen molar-refractivity contribution >= 4 is 54.7 Å². The van der Waals surface area contributed by atoms with Gasteiger partial charge in [0.1, 0.15) is 11.0 Å². The van der Waals surface area contributed by atoms with E-state index in [2.05, 4.69) is 167 Å². The highest BCUT2D eigenvalue weighted by Gasteiger charge is 2.25. The molecule has 0 aliphatic carbocycles. The topological polar surface area (TPSA) is 87.5 Å². The van der Waals surface area contributed by atoms with Crippen LogP contribution in [0.15, 0.2) is 241 Å². The molecular weight excluding hydrogens is 871 g/mol. The lowest BCUT2D eigenvalue weighted by Gasteiger charge is -2.14. The Balaban J connectivity index is 1.04. The molecule has 0 amide bonds. The highest BCUT2D eigenvalue weighted by Crippen LogP contribution is 2.43. The largest absolute Gasteiger partial charge is 0.434 e. The molecule has 0 spiro atoms. The maximum absolute atomic E-state index is 6.84. The molecule has 0 saturated carbocycles. The lowest BCUT2D eigenvalue weighted by atomic mass is 10.00. The summed E-state index contributed by atoms with van der Waals surface area (Å²) in [7, 11) is 0. The van der Waals surface area contributed by atoms with Crippen LogP contribution in [0.2, 0.25) is 0 Å². The molecule has 5 heterocycles. The zero-order valence-corrected chi connectivity index (χ0v) is 38.1. The molecule has 8 nitrogen and oxygen atoms in total. The summed E-state index contributed by atoms with van der Waals surface area (Å²) < 4.78 is 11.2. The molecule has 5 aromatic heterocycles. The van der Waals surface area contributed by atoms with Crippen LogP contribution in [-0.4, -0.2) is 34.1 Å². The third-order valence-corrected chi connectivity index (χ3v) is 13.4. The van der Waals surface area contributed by atoms with Crippen molar-refractivity contribution in [1.29, 1.82) is 0 Å². The fourth-order valence-corrected chi connectivity index (χ4v) is 10.1. The molecule has 0 fully saturated rings. The van der Waals surface area contributed by atoms with Crippen LogP contribution in [0.3, 0.4) is 0 Å². The molecule has 14 aromatic rings. The Hall–Kier alpha value is -9.79. The van der Waals surface area contributed by atoms with Gasteiger partial charge in [0.15, 0.2) is 5.58 Å². The van der Waals surface area contributed by atoms with Crippen molar-refractivity contribution in [2.24, 2.45) is 0 Å². The molecular formula is C63H39N7O. The highest BCUT2D eigenvalue weighted by molar-refractivity contribution is 6.19. The van der Waals surface area contributed by atoms with E-state index in [0.29, 0.717) is 23.4 Å². The van der Waals surface area contributed by atoms with Crippen LogP contribution in [0.25, 0.3) is 134 Å². The second-order valence-electron chi connectivity index (χ2n) is 17.7. The number of hydrogen-bond donors (Lipinski definition) is 0. The van der Waals surface area contributed by atoms with Crippen LogP contribution < -0.4 is 0 Å². The Kier molecular flexibility index (Phi) is 9.35. The standard InChI is InChI=1S/C63H39N7O/c1-6-19-40(20-7-1)52-38-53(41-21-8-2-9-22-41)66-62(65-52)69-56-32-17-16-29-47(56)48-31-18-30-46(58(48)69)45-33-36-57-50(37-45)49-34-35-51-60(71-61(64-51)44-27-14-5-15-28-44)59(49)70(57)63-67-54(42-23-10-3-11-24-42)39-55(68-63)43-25-12-4-13-26-43/h1-39H. The Bertz CT molecular complexity index is 4200. The lowest BCUT2D eigenvalue weighted by molar-refractivity contribution is 0.621. The highest BCUT2D eigenvalue weighted by atomic mass is 16.3. The van der Waals surface area contributed by atoms with Gasteiger partial charge in [-0.15, -0.1) is 0 Å². The maximum atomic E-state index is 6.84. The first-order chi connectivity index (χ1) is 35.2. The van der Waals surface area contributed by atoms with Crippen molar-refractivity contribution in [2.45, 2.75) is 0 Å². The van der Waals surface area contributed by atoms with E-state index in [-0.39, 0.29) is 0 Å². The van der Waals surface area contributed by atoms with Crippen molar-refractivity contribution < 1.29 is 4.42 Å². The zero-order valence-electron chi connectivity index (χ0n) is 38.1. The summed E-state index contributed by atoms with van der Waals surface area (Å²) in [4.78, 5) is 26.5. The zero-order chi connectivity index (χ0) is 46.8. The number of benzene rings is 9. The van der Waals surface area contributed by atoms with Crippen molar-refractivity contribution in [1.82, 2.24) is 34.1 Å². The van der Waals surface area contributed by atoms with Gasteiger partial charge in [0.2, 0.25) is 17.8 Å². The monoisotopic (exact) mass is 909 g/mol. The third-order valence-electron chi connectivity index (χ3n) is 13.4. The van der Waals surface area contributed by atoms with Crippen LogP contribution in [0, 0.1) is 0 Å². The number of para-hydroxylation sites is 2. The molecule has 71 heavy (non-hydrogen) atoms. The number of hydrogen-bond acceptors (Lipinski definition) is 6. The van der Waals surface area contributed by atoms with E-state index in [0.717, 1.165) is 111 Å². The smallest absolute Gasteiger partial charge is 0.235 e. The Labute approximate surface area is 407 Å². The molecule has 332 valence electrons. The van der Waals surface area contributed by atoms with Crippen LogP contribution >= 0.6 is 0 Å². The summed E-state index contributed by atoms with van der Waals surface area (Å²) >= 11 is 0. The van der Waals surface area contributed by atoms with Gasteiger partial charge in [-0.3, -0.25) is 9.13 Å². The summed E-state index contributed by atoms with van der Waals surface area (Å²) in [6.45, 7) is 0. The van der Waals surface area contributed by atoms with E-state index in [9.17, 15) is 0 Å². The predicted octanol–water partition coefficient (Wildman–Crippen LogP) is 15.6. The third kappa shape index (κ3) is 6.80. The number of nitrogens with zero attached hydrogens (tertiary/aromatic N) is 7. The molecule has 0 saturated heterocycles. The summed E-state index contributed by atoms with van der Waals surface area (Å²) in [5.74, 6) is 1.66. The van der Waals surface area contributed by atoms with Gasteiger partial charge in [-0.2, -0.15) is 0 Å². The Morgan fingerprint density at radius 3 is 1.30 bits per heavy atom. The fourth-order valence-electron chi connectivity index (χ4n) is 10.1. The van der Waals surface area contributed by atoms with E-state index in [4.69, 9.17) is 29.3 Å². The van der Waals surface area contributed by atoms with Crippen LogP contribution in [0.4, 0.5) is 0 Å². The van der Waals surface area contributed by atoms with Crippen LogP contribution in [0.5, 0.6) is 0 Å². The number of aromatic nitrogens is 7. The van der Waals surface area contributed by atoms with Gasteiger partial charge in [0, 0.05) is 54.9 Å². The van der Waals surface area contributed by atoms with E-state index in [1.807, 2.05) is 78.9 Å². The first-order valence-electron chi connectivity index (χ1n) is 23.7. The van der Waals surface area contributed by atoms with Crippen molar-refractivity contribution in [3.8, 4) is 79.5 Å². The van der Waals surface area contributed by atoms with Gasteiger partial charge >= 0.3 is 0 Å². The molecule has 9 aromatic carbocycles. The SMILES string of the molecule is c1ccc(-c2cc(-c3ccccc3)nc(-n3c4ccccc4c4cccc(-c5ccc6c(c5)c5ccc7nc(-c8ccccc8)oc7c5n6-c5nc(-c6ccccc6)cc(-c6ccccc6)n5)c43)n2)cc1. The van der Waals surface area contributed by atoms with Crippen molar-refractivity contribution in [3.05, 3.63) is 237 Å². The molecule has 0 unspecified atom stereocenters. The number of fused-ring (bicyclic) bond motifs is 8. The number of rotatable bonds is 8. The Morgan fingerprint density at radius 2 is 0.746 bits per heavy atom. The van der Waals surface area contributed by atoms with Crippen molar-refractivity contribution in [3.63, 3.8) is 0 Å². The van der Waals surface area contributed by atoms with E-state index >= 15 is 0 Å². The quantitative estimate of drug-likeness (QED) is 0.151. The second kappa shape index (κ2) is 16.5. The maximum Gasteiger partial charge on any atom is 0.235 e. The summed E-state index contributed by atoms with van der Waals surface area (Å²) in [6, 6.07) is 81.4. The minimum absolute atomic E-state index is 0.523. The summed E-state index contributed by atoms with van der Waals surface area (Å²) in [5, 5.41) is 4.22. The van der Waals surface area contributed by atoms with Gasteiger partial charge < -0.3 is 4.42 Å². The molecule has 0 aliphatic heterocycles. The molecule has 0 N–H and O–H groups in total. The molecule has 14 rings (SSSR count). The second-order valence-corrected chi connectivity index (χ2v) is 17.7. The average Bonchev–Trinajstić information content (AvgIpc) is 4.15. The van der Waals surface area contributed by atoms with E-state index < -0.39 is 0 Å². The van der Waals surface area contributed by atoms with E-state index in [1.165, 1.54) is 0 Å². The molecule has 8 heteroatoms. The summed E-state index contributed by atoms with van der Waals surface area (Å²) in [5.41, 5.74) is 15.5. The van der Waals surface area contributed by atoms with Crippen LogP contribution in [-0.2, 0) is 0 Å². The average molecular weight is 910 g/mol.